The van der Waals surface area contributed by atoms with Crippen LogP contribution in [-0.4, -0.2) is 58.1 Å². The summed E-state index contributed by atoms with van der Waals surface area (Å²) in [6, 6.07) is -1.60. The predicted octanol–water partition coefficient (Wildman–Crippen LogP) is 0.612. The van der Waals surface area contributed by atoms with Gasteiger partial charge in [0.15, 0.2) is 6.04 Å². The number of nitrogens with one attached hydrogen (secondary N) is 1. The molecular weight excluding hydrogens is 276 g/mol. The Morgan fingerprint density at radius 3 is 2.67 bits per heavy atom. The molecule has 1 rings (SSSR count). The Balaban J connectivity index is 2.59. The quantitative estimate of drug-likeness (QED) is 0.769. The molecule has 0 radical (unpaired) electrons. The second-order valence-corrected chi connectivity index (χ2v) is 5.01. The van der Waals surface area contributed by atoms with Crippen molar-refractivity contribution in [3.05, 3.63) is 18.0 Å². The summed E-state index contributed by atoms with van der Waals surface area (Å²) in [5.41, 5.74) is 0.421. The van der Waals surface area contributed by atoms with Gasteiger partial charge in [-0.15, -0.1) is 0 Å². The topological polar surface area (TPSA) is 96.7 Å². The molecule has 1 aromatic rings. The number of hydrogen-bond donors (Lipinski definition) is 2. The lowest BCUT2D eigenvalue weighted by atomic mass is 10.1. The molecule has 0 aliphatic heterocycles. The van der Waals surface area contributed by atoms with Crippen molar-refractivity contribution < 1.29 is 19.4 Å². The summed E-state index contributed by atoms with van der Waals surface area (Å²) in [7, 11) is 3.26. The number of carboxylic acids is 1. The molecule has 118 valence electrons. The molecule has 8 heteroatoms. The van der Waals surface area contributed by atoms with Crippen LogP contribution in [0.4, 0.5) is 4.79 Å². The Hall–Kier alpha value is -2.09. The summed E-state index contributed by atoms with van der Waals surface area (Å²) >= 11 is 0. The first-order valence-corrected chi connectivity index (χ1v) is 6.65. The maximum atomic E-state index is 12.0. The average molecular weight is 298 g/mol. The van der Waals surface area contributed by atoms with Gasteiger partial charge in [-0.1, -0.05) is 0 Å². The molecule has 0 saturated heterocycles. The summed E-state index contributed by atoms with van der Waals surface area (Å²) in [6.07, 6.45) is 3.06. The zero-order valence-electron chi connectivity index (χ0n) is 12.7. The van der Waals surface area contributed by atoms with Gasteiger partial charge in [-0.2, -0.15) is 5.10 Å². The third-order valence-corrected chi connectivity index (χ3v) is 2.80. The lowest BCUT2D eigenvalue weighted by molar-refractivity contribution is -0.139. The first kappa shape index (κ1) is 17.0. The Morgan fingerprint density at radius 2 is 2.19 bits per heavy atom. The molecule has 1 aromatic heterocycles. The van der Waals surface area contributed by atoms with Gasteiger partial charge in [0.25, 0.3) is 0 Å². The lowest BCUT2D eigenvalue weighted by Gasteiger charge is -2.21. The van der Waals surface area contributed by atoms with Gasteiger partial charge >= 0.3 is 12.0 Å². The van der Waals surface area contributed by atoms with Crippen LogP contribution < -0.4 is 5.32 Å². The maximum Gasteiger partial charge on any atom is 0.331 e. The largest absolute Gasteiger partial charge is 0.479 e. The second-order valence-electron chi connectivity index (χ2n) is 5.01. The van der Waals surface area contributed by atoms with Gasteiger partial charge in [-0.25, -0.2) is 9.59 Å². The van der Waals surface area contributed by atoms with Crippen LogP contribution in [0.2, 0.25) is 0 Å². The van der Waals surface area contributed by atoms with Gasteiger partial charge in [0.2, 0.25) is 0 Å². The Bertz CT molecular complexity index is 486. The number of carboxylic acid groups (broad SMARTS) is 1. The van der Waals surface area contributed by atoms with Crippen LogP contribution in [0.15, 0.2) is 12.4 Å². The van der Waals surface area contributed by atoms with Crippen LogP contribution >= 0.6 is 0 Å². The van der Waals surface area contributed by atoms with Gasteiger partial charge in [-0.05, 0) is 13.8 Å². The second kappa shape index (κ2) is 7.63. The van der Waals surface area contributed by atoms with Crippen LogP contribution in [0, 0.1) is 0 Å². The van der Waals surface area contributed by atoms with Gasteiger partial charge in [-0.3, -0.25) is 4.68 Å². The number of urea groups is 1. The van der Waals surface area contributed by atoms with Gasteiger partial charge < -0.3 is 20.1 Å². The Labute approximate surface area is 123 Å². The standard InChI is InChI=1S/C13H22N4O4/c1-9(2)21-6-5-16(3)13(20)15-11(12(18)19)10-7-14-17(4)8-10/h7-9,11H,5-6H2,1-4H3,(H,15,20)(H,18,19). The molecule has 1 atom stereocenters. The van der Waals surface area contributed by atoms with Crippen LogP contribution in [0.1, 0.15) is 25.5 Å². The van der Waals surface area contributed by atoms with E-state index in [1.165, 1.54) is 15.8 Å². The van der Waals surface area contributed by atoms with Gasteiger partial charge in [0.1, 0.15) is 0 Å². The van der Waals surface area contributed by atoms with E-state index in [1.807, 2.05) is 13.8 Å². The third-order valence-electron chi connectivity index (χ3n) is 2.80. The number of aryl methyl sites for hydroxylation is 1. The highest BCUT2D eigenvalue weighted by Crippen LogP contribution is 2.12. The van der Waals surface area contributed by atoms with Crippen molar-refractivity contribution in [1.82, 2.24) is 20.0 Å². The summed E-state index contributed by atoms with van der Waals surface area (Å²) in [5.74, 6) is -1.14. The summed E-state index contributed by atoms with van der Waals surface area (Å²) in [6.45, 7) is 4.58. The number of amides is 2. The lowest BCUT2D eigenvalue weighted by Crippen LogP contribution is -2.43. The molecule has 2 amide bonds. The maximum absolute atomic E-state index is 12.0. The zero-order chi connectivity index (χ0) is 16.0. The molecule has 0 fully saturated rings. The predicted molar refractivity (Wildman–Crippen MR) is 75.8 cm³/mol. The summed E-state index contributed by atoms with van der Waals surface area (Å²) in [4.78, 5) is 24.6. The number of nitrogens with zero attached hydrogens (tertiary/aromatic N) is 3. The van der Waals surface area contributed by atoms with Crippen molar-refractivity contribution in [3.63, 3.8) is 0 Å². The van der Waals surface area contributed by atoms with Crippen molar-refractivity contribution >= 4 is 12.0 Å². The SMILES string of the molecule is CC(C)OCCN(C)C(=O)NC(C(=O)O)c1cnn(C)c1. The molecular formula is C13H22N4O4. The fourth-order valence-electron chi connectivity index (χ4n) is 1.64. The first-order valence-electron chi connectivity index (χ1n) is 6.65. The number of hydrogen-bond acceptors (Lipinski definition) is 4. The van der Waals surface area contributed by atoms with E-state index in [1.54, 1.807) is 20.3 Å². The van der Waals surface area contributed by atoms with Crippen LogP contribution in [0.5, 0.6) is 0 Å². The van der Waals surface area contributed by atoms with E-state index in [2.05, 4.69) is 10.4 Å². The molecule has 21 heavy (non-hydrogen) atoms. The normalized spacial score (nSPS) is 12.2. The fourth-order valence-corrected chi connectivity index (χ4v) is 1.64. The summed E-state index contributed by atoms with van der Waals surface area (Å²) < 4.78 is 6.84. The molecule has 2 N–H and O–H groups in total. The molecule has 0 aliphatic rings. The molecule has 0 aliphatic carbocycles. The number of carbonyl (C=O) groups is 2. The number of carbonyl (C=O) groups excluding carboxylic acids is 1. The van der Waals surface area contributed by atoms with Crippen molar-refractivity contribution in [2.24, 2.45) is 7.05 Å². The van der Waals surface area contributed by atoms with Crippen LogP contribution in [0.25, 0.3) is 0 Å². The molecule has 1 unspecified atom stereocenters. The van der Waals surface area contributed by atoms with E-state index < -0.39 is 18.0 Å². The van der Waals surface area contributed by atoms with Crippen molar-refractivity contribution in [1.29, 1.82) is 0 Å². The van der Waals surface area contributed by atoms with E-state index in [9.17, 15) is 14.7 Å². The van der Waals surface area contributed by atoms with E-state index in [-0.39, 0.29) is 6.10 Å². The first-order chi connectivity index (χ1) is 9.81. The Kier molecular flexibility index (Phi) is 6.16. The minimum absolute atomic E-state index is 0.0867. The fraction of sp³-hybridized carbons (Fsp3) is 0.615. The minimum Gasteiger partial charge on any atom is -0.479 e. The average Bonchev–Trinajstić information content (AvgIpc) is 2.80. The van der Waals surface area contributed by atoms with Gasteiger partial charge in [0, 0.05) is 32.4 Å². The zero-order valence-corrected chi connectivity index (χ0v) is 12.7. The molecule has 8 nitrogen and oxygen atoms in total. The summed E-state index contributed by atoms with van der Waals surface area (Å²) in [5, 5.41) is 15.6. The van der Waals surface area contributed by atoms with Crippen LogP contribution in [0.3, 0.4) is 0 Å². The van der Waals surface area contributed by atoms with Gasteiger partial charge in [0.05, 0.1) is 18.9 Å². The molecule has 0 aromatic carbocycles. The van der Waals surface area contributed by atoms with E-state index in [0.717, 1.165) is 0 Å². The molecule has 0 saturated carbocycles. The van der Waals surface area contributed by atoms with E-state index >= 15 is 0 Å². The highest BCUT2D eigenvalue weighted by molar-refractivity contribution is 5.83. The van der Waals surface area contributed by atoms with E-state index in [4.69, 9.17) is 4.74 Å². The highest BCUT2D eigenvalue weighted by atomic mass is 16.5. The highest BCUT2D eigenvalue weighted by Gasteiger charge is 2.24. The number of aliphatic carboxylic acids is 1. The number of rotatable bonds is 7. The molecule has 0 spiro atoms. The minimum atomic E-state index is -1.14. The molecule has 1 heterocycles. The number of aromatic nitrogens is 2. The smallest absolute Gasteiger partial charge is 0.331 e. The number of ether oxygens (including phenoxy) is 1. The monoisotopic (exact) mass is 298 g/mol. The van der Waals surface area contributed by atoms with Crippen LogP contribution in [-0.2, 0) is 16.6 Å². The third kappa shape index (κ3) is 5.42. The van der Waals surface area contributed by atoms with Crippen molar-refractivity contribution in [2.45, 2.75) is 26.0 Å². The van der Waals surface area contributed by atoms with Crippen molar-refractivity contribution in [3.8, 4) is 0 Å². The van der Waals surface area contributed by atoms with Crippen molar-refractivity contribution in [2.75, 3.05) is 20.2 Å². The number of likely N-dealkylation sites (N-methyl/N-ethyl adjacent to an activating group) is 1. The Morgan fingerprint density at radius 1 is 1.52 bits per heavy atom. The van der Waals surface area contributed by atoms with E-state index in [0.29, 0.717) is 18.7 Å². The molecule has 0 bridgehead atoms.